The maximum absolute atomic E-state index is 11.1. The highest BCUT2D eigenvalue weighted by molar-refractivity contribution is 6.02. The Morgan fingerprint density at radius 2 is 2.46 bits per heavy atom. The van der Waals surface area contributed by atoms with Gasteiger partial charge in [0, 0.05) is 30.5 Å². The van der Waals surface area contributed by atoms with Crippen molar-refractivity contribution in [3.63, 3.8) is 0 Å². The molecule has 3 heteroatoms. The first-order chi connectivity index (χ1) is 6.18. The number of hydrogen-bond acceptors (Lipinski definition) is 2. The summed E-state index contributed by atoms with van der Waals surface area (Å²) in [4.78, 5) is 15.2. The Morgan fingerprint density at radius 1 is 1.69 bits per heavy atom. The molecule has 1 aliphatic heterocycles. The molecule has 0 saturated heterocycles. The summed E-state index contributed by atoms with van der Waals surface area (Å²) in [5.74, 6) is -0.0652. The van der Waals surface area contributed by atoms with Crippen molar-refractivity contribution in [1.82, 2.24) is 5.32 Å². The van der Waals surface area contributed by atoms with E-state index in [0.29, 0.717) is 0 Å². The fraction of sp³-hybridized carbons (Fsp3) is 0.400. The lowest BCUT2D eigenvalue weighted by molar-refractivity contribution is -0.116. The van der Waals surface area contributed by atoms with Crippen LogP contribution >= 0.6 is 0 Å². The molecule has 0 fully saturated rings. The molecule has 0 spiro atoms. The molecule has 0 aromatic carbocycles. The minimum Gasteiger partial charge on any atom is -0.350 e. The van der Waals surface area contributed by atoms with Crippen LogP contribution in [0.4, 0.5) is 0 Å². The van der Waals surface area contributed by atoms with Crippen molar-refractivity contribution in [3.8, 4) is 0 Å². The van der Waals surface area contributed by atoms with E-state index in [0.717, 1.165) is 12.1 Å². The van der Waals surface area contributed by atoms with Gasteiger partial charge in [-0.15, -0.1) is 0 Å². The second-order valence-electron chi connectivity index (χ2n) is 3.21. The van der Waals surface area contributed by atoms with E-state index in [9.17, 15) is 4.79 Å². The Bertz CT molecular complexity index is 275. The SMILES string of the molecule is CC(C)NC(=O)/C=C/C1=NC=CC1. The molecule has 70 valence electrons. The number of nitrogens with one attached hydrogen (secondary N) is 1. The van der Waals surface area contributed by atoms with Crippen LogP contribution in [0.5, 0.6) is 0 Å². The van der Waals surface area contributed by atoms with Gasteiger partial charge in [0.15, 0.2) is 0 Å². The highest BCUT2D eigenvalue weighted by Crippen LogP contribution is 2.00. The molecule has 1 rings (SSSR count). The number of carbonyl (C=O) groups is 1. The zero-order valence-electron chi connectivity index (χ0n) is 7.95. The predicted molar refractivity (Wildman–Crippen MR) is 53.6 cm³/mol. The highest BCUT2D eigenvalue weighted by atomic mass is 16.1. The molecular weight excluding hydrogens is 164 g/mol. The molecule has 1 N–H and O–H groups in total. The Kier molecular flexibility index (Phi) is 3.43. The van der Waals surface area contributed by atoms with E-state index in [2.05, 4.69) is 10.3 Å². The molecule has 1 heterocycles. The summed E-state index contributed by atoms with van der Waals surface area (Å²) in [5.41, 5.74) is 0.930. The Morgan fingerprint density at radius 3 is 3.00 bits per heavy atom. The third-order valence-electron chi connectivity index (χ3n) is 1.53. The second-order valence-corrected chi connectivity index (χ2v) is 3.21. The van der Waals surface area contributed by atoms with E-state index in [4.69, 9.17) is 0 Å². The normalized spacial score (nSPS) is 15.5. The minimum absolute atomic E-state index is 0.0652. The zero-order valence-corrected chi connectivity index (χ0v) is 7.95. The van der Waals surface area contributed by atoms with Gasteiger partial charge in [0.05, 0.1) is 0 Å². The van der Waals surface area contributed by atoms with Gasteiger partial charge in [-0.3, -0.25) is 9.79 Å². The number of hydrogen-bond donors (Lipinski definition) is 1. The predicted octanol–water partition coefficient (Wildman–Crippen LogP) is 1.43. The van der Waals surface area contributed by atoms with Crippen LogP contribution in [0, 0.1) is 0 Å². The van der Waals surface area contributed by atoms with Crippen molar-refractivity contribution in [2.75, 3.05) is 0 Å². The molecule has 1 aliphatic rings. The summed E-state index contributed by atoms with van der Waals surface area (Å²) >= 11 is 0. The summed E-state index contributed by atoms with van der Waals surface area (Å²) in [6.45, 7) is 3.86. The Hall–Kier alpha value is -1.38. The average Bonchev–Trinajstić information content (AvgIpc) is 2.51. The number of amides is 1. The first kappa shape index (κ1) is 9.71. The highest BCUT2D eigenvalue weighted by Gasteiger charge is 1.99. The first-order valence-corrected chi connectivity index (χ1v) is 4.39. The lowest BCUT2D eigenvalue weighted by Crippen LogP contribution is -2.28. The number of nitrogens with zero attached hydrogens (tertiary/aromatic N) is 1. The summed E-state index contributed by atoms with van der Waals surface area (Å²) in [6.07, 6.45) is 7.80. The minimum atomic E-state index is -0.0652. The van der Waals surface area contributed by atoms with Gasteiger partial charge < -0.3 is 5.32 Å². The third-order valence-corrected chi connectivity index (χ3v) is 1.53. The van der Waals surface area contributed by atoms with Crippen molar-refractivity contribution < 1.29 is 4.79 Å². The van der Waals surface area contributed by atoms with Crippen LogP contribution < -0.4 is 5.32 Å². The van der Waals surface area contributed by atoms with Gasteiger partial charge in [0.2, 0.25) is 5.91 Å². The van der Waals surface area contributed by atoms with Gasteiger partial charge >= 0.3 is 0 Å². The summed E-state index contributed by atoms with van der Waals surface area (Å²) in [7, 11) is 0. The smallest absolute Gasteiger partial charge is 0.244 e. The molecule has 0 radical (unpaired) electrons. The standard InChI is InChI=1S/C10H14N2O/c1-8(2)12-10(13)6-5-9-4-3-7-11-9/h3,5-8H,4H2,1-2H3,(H,12,13)/b6-5+. The van der Waals surface area contributed by atoms with Crippen LogP contribution in [-0.4, -0.2) is 17.7 Å². The van der Waals surface area contributed by atoms with E-state index < -0.39 is 0 Å². The fourth-order valence-electron chi connectivity index (χ4n) is 0.990. The first-order valence-electron chi connectivity index (χ1n) is 4.39. The number of rotatable bonds is 3. The van der Waals surface area contributed by atoms with E-state index in [1.54, 1.807) is 12.3 Å². The average molecular weight is 178 g/mol. The maximum atomic E-state index is 11.1. The summed E-state index contributed by atoms with van der Waals surface area (Å²) in [6, 6.07) is 0.181. The van der Waals surface area contributed by atoms with E-state index in [-0.39, 0.29) is 11.9 Å². The monoisotopic (exact) mass is 178 g/mol. The summed E-state index contributed by atoms with van der Waals surface area (Å²) < 4.78 is 0. The van der Waals surface area contributed by atoms with E-state index >= 15 is 0 Å². The van der Waals surface area contributed by atoms with Crippen molar-refractivity contribution in [2.24, 2.45) is 4.99 Å². The Balaban J connectivity index is 2.35. The van der Waals surface area contributed by atoms with Crippen LogP contribution in [0.15, 0.2) is 29.4 Å². The van der Waals surface area contributed by atoms with Gasteiger partial charge in [0.1, 0.15) is 0 Å². The van der Waals surface area contributed by atoms with Crippen molar-refractivity contribution in [3.05, 3.63) is 24.4 Å². The van der Waals surface area contributed by atoms with Crippen LogP contribution in [0.3, 0.4) is 0 Å². The van der Waals surface area contributed by atoms with Gasteiger partial charge in [-0.05, 0) is 19.9 Å². The topological polar surface area (TPSA) is 41.5 Å². The van der Waals surface area contributed by atoms with Gasteiger partial charge in [-0.2, -0.15) is 0 Å². The molecule has 0 atom stereocenters. The second kappa shape index (κ2) is 4.60. The molecule has 0 aromatic heterocycles. The van der Waals surface area contributed by atoms with E-state index in [1.165, 1.54) is 6.08 Å². The molecule has 0 unspecified atom stereocenters. The Labute approximate surface area is 78.2 Å². The van der Waals surface area contributed by atoms with Crippen LogP contribution in [0.1, 0.15) is 20.3 Å². The van der Waals surface area contributed by atoms with Crippen molar-refractivity contribution in [1.29, 1.82) is 0 Å². The summed E-state index contributed by atoms with van der Waals surface area (Å²) in [5, 5.41) is 2.77. The van der Waals surface area contributed by atoms with E-state index in [1.807, 2.05) is 19.9 Å². The number of allylic oxidation sites excluding steroid dienone is 2. The maximum Gasteiger partial charge on any atom is 0.244 e. The molecule has 13 heavy (non-hydrogen) atoms. The van der Waals surface area contributed by atoms with Gasteiger partial charge in [-0.25, -0.2) is 0 Å². The zero-order chi connectivity index (χ0) is 9.68. The van der Waals surface area contributed by atoms with Crippen LogP contribution in [0.2, 0.25) is 0 Å². The molecule has 0 saturated carbocycles. The molecule has 0 aromatic rings. The van der Waals surface area contributed by atoms with Crippen molar-refractivity contribution in [2.45, 2.75) is 26.3 Å². The third kappa shape index (κ3) is 3.69. The van der Waals surface area contributed by atoms with Gasteiger partial charge in [0.25, 0.3) is 0 Å². The largest absolute Gasteiger partial charge is 0.350 e. The quantitative estimate of drug-likeness (QED) is 0.652. The number of carbonyl (C=O) groups excluding carboxylic acids is 1. The van der Waals surface area contributed by atoms with Gasteiger partial charge in [-0.1, -0.05) is 6.08 Å². The lowest BCUT2D eigenvalue weighted by Gasteiger charge is -2.03. The molecule has 0 aliphatic carbocycles. The molecular formula is C10H14N2O. The van der Waals surface area contributed by atoms with Crippen LogP contribution in [0.25, 0.3) is 0 Å². The molecule has 0 bridgehead atoms. The lowest BCUT2D eigenvalue weighted by atomic mass is 10.2. The van der Waals surface area contributed by atoms with Crippen molar-refractivity contribution >= 4 is 11.6 Å². The fourth-order valence-corrected chi connectivity index (χ4v) is 0.990. The molecule has 3 nitrogen and oxygen atoms in total. The number of aliphatic imine (C=N–C) groups is 1. The molecule has 1 amide bonds. The van der Waals surface area contributed by atoms with Crippen LogP contribution in [-0.2, 0) is 4.79 Å².